The number of hydrogen-bond donors (Lipinski definition) is 1. The molecule has 2 atom stereocenters. The van der Waals surface area contributed by atoms with Crippen molar-refractivity contribution in [1.82, 2.24) is 4.90 Å². The van der Waals surface area contributed by atoms with Gasteiger partial charge in [0.15, 0.2) is 0 Å². The van der Waals surface area contributed by atoms with Gasteiger partial charge in [0.25, 0.3) is 0 Å². The van der Waals surface area contributed by atoms with Crippen molar-refractivity contribution in [2.24, 2.45) is 11.7 Å². The van der Waals surface area contributed by atoms with Crippen LogP contribution in [0.4, 0.5) is 0 Å². The van der Waals surface area contributed by atoms with Crippen molar-refractivity contribution in [3.8, 4) is 0 Å². The Hall–Kier alpha value is 0.270. The van der Waals surface area contributed by atoms with Crippen LogP contribution >= 0.6 is 11.8 Å². The zero-order chi connectivity index (χ0) is 10.7. The molecule has 1 heterocycles. The molecule has 2 nitrogen and oxygen atoms in total. The minimum atomic E-state index is 0.360. The molecule has 2 rings (SSSR count). The average molecular weight is 228 g/mol. The van der Waals surface area contributed by atoms with E-state index in [2.05, 4.69) is 23.6 Å². The van der Waals surface area contributed by atoms with Crippen LogP contribution in [0.15, 0.2) is 0 Å². The fourth-order valence-corrected chi connectivity index (χ4v) is 4.17. The molecule has 1 saturated carbocycles. The Morgan fingerprint density at radius 2 is 2.13 bits per heavy atom. The van der Waals surface area contributed by atoms with Crippen molar-refractivity contribution >= 4 is 11.8 Å². The molecule has 1 aliphatic heterocycles. The van der Waals surface area contributed by atoms with Gasteiger partial charge in [-0.1, -0.05) is 19.8 Å². The molecule has 2 unspecified atom stereocenters. The zero-order valence-corrected chi connectivity index (χ0v) is 10.7. The minimum absolute atomic E-state index is 0.360. The Balaban J connectivity index is 2.04. The van der Waals surface area contributed by atoms with Crippen molar-refractivity contribution in [3.63, 3.8) is 0 Å². The molecule has 88 valence electrons. The third-order valence-electron chi connectivity index (χ3n) is 4.13. The first-order chi connectivity index (χ1) is 7.27. The molecule has 0 bridgehead atoms. The van der Waals surface area contributed by atoms with Gasteiger partial charge < -0.3 is 5.73 Å². The maximum atomic E-state index is 6.08. The molecule has 2 N–H and O–H groups in total. The quantitative estimate of drug-likeness (QED) is 0.783. The molecule has 0 radical (unpaired) electrons. The summed E-state index contributed by atoms with van der Waals surface area (Å²) in [5, 5.41) is 0. The normalized spacial score (nSPS) is 39.2. The Morgan fingerprint density at radius 3 is 2.73 bits per heavy atom. The lowest BCUT2D eigenvalue weighted by molar-refractivity contribution is 0.0476. The second-order valence-electron chi connectivity index (χ2n) is 5.23. The fourth-order valence-electron chi connectivity index (χ4n) is 3.27. The second kappa shape index (κ2) is 5.07. The summed E-state index contributed by atoms with van der Waals surface area (Å²) in [7, 11) is 0. The first-order valence-electron chi connectivity index (χ1n) is 6.30. The van der Waals surface area contributed by atoms with Crippen LogP contribution in [-0.2, 0) is 0 Å². The van der Waals surface area contributed by atoms with Crippen molar-refractivity contribution in [1.29, 1.82) is 0 Å². The van der Waals surface area contributed by atoms with E-state index < -0.39 is 0 Å². The Kier molecular flexibility index (Phi) is 3.97. The van der Waals surface area contributed by atoms with Crippen molar-refractivity contribution < 1.29 is 0 Å². The van der Waals surface area contributed by atoms with E-state index in [0.29, 0.717) is 5.54 Å². The van der Waals surface area contributed by atoms with Gasteiger partial charge in [-0.2, -0.15) is 11.8 Å². The topological polar surface area (TPSA) is 29.3 Å². The summed E-state index contributed by atoms with van der Waals surface area (Å²) < 4.78 is 0. The van der Waals surface area contributed by atoms with E-state index in [1.54, 1.807) is 0 Å². The molecule has 1 aliphatic carbocycles. The number of thioether (sulfide) groups is 1. The van der Waals surface area contributed by atoms with E-state index in [1.165, 1.54) is 50.3 Å². The van der Waals surface area contributed by atoms with Crippen LogP contribution in [0.2, 0.25) is 0 Å². The van der Waals surface area contributed by atoms with Gasteiger partial charge in [-0.15, -0.1) is 0 Å². The van der Waals surface area contributed by atoms with Crippen LogP contribution in [0.1, 0.15) is 32.6 Å². The molecule has 0 aromatic heterocycles. The van der Waals surface area contributed by atoms with Gasteiger partial charge in [0.05, 0.1) is 0 Å². The molecular weight excluding hydrogens is 204 g/mol. The van der Waals surface area contributed by atoms with Crippen LogP contribution < -0.4 is 5.73 Å². The van der Waals surface area contributed by atoms with E-state index in [0.717, 1.165) is 12.5 Å². The number of nitrogens with zero attached hydrogens (tertiary/aromatic N) is 1. The summed E-state index contributed by atoms with van der Waals surface area (Å²) in [5.74, 6) is 3.48. The summed E-state index contributed by atoms with van der Waals surface area (Å²) in [6.07, 6.45) is 5.44. The minimum Gasteiger partial charge on any atom is -0.329 e. The molecular formula is C12H24N2S. The van der Waals surface area contributed by atoms with Gasteiger partial charge in [0.1, 0.15) is 0 Å². The van der Waals surface area contributed by atoms with Crippen molar-refractivity contribution in [3.05, 3.63) is 0 Å². The summed E-state index contributed by atoms with van der Waals surface area (Å²) >= 11 is 2.09. The molecule has 1 saturated heterocycles. The molecule has 15 heavy (non-hydrogen) atoms. The van der Waals surface area contributed by atoms with E-state index >= 15 is 0 Å². The largest absolute Gasteiger partial charge is 0.329 e. The van der Waals surface area contributed by atoms with Gasteiger partial charge in [0, 0.05) is 36.7 Å². The van der Waals surface area contributed by atoms with Crippen LogP contribution in [0.25, 0.3) is 0 Å². The fraction of sp³-hybridized carbons (Fsp3) is 1.00. The van der Waals surface area contributed by atoms with Crippen molar-refractivity contribution in [2.75, 3.05) is 31.1 Å². The first-order valence-corrected chi connectivity index (χ1v) is 7.45. The lowest BCUT2D eigenvalue weighted by atomic mass is 9.75. The highest BCUT2D eigenvalue weighted by molar-refractivity contribution is 7.99. The maximum absolute atomic E-state index is 6.08. The number of nitrogens with two attached hydrogens (primary N) is 1. The van der Waals surface area contributed by atoms with Gasteiger partial charge in [0.2, 0.25) is 0 Å². The monoisotopic (exact) mass is 228 g/mol. The summed E-state index contributed by atoms with van der Waals surface area (Å²) in [6, 6.07) is 0. The lowest BCUT2D eigenvalue weighted by Crippen LogP contribution is -2.58. The van der Waals surface area contributed by atoms with Crippen LogP contribution in [-0.4, -0.2) is 41.6 Å². The standard InChI is InChI=1S/C12H24N2S/c1-11-3-2-4-12(9-11,10-13)14-5-7-15-8-6-14/h11H,2-10,13H2,1H3. The van der Waals surface area contributed by atoms with Gasteiger partial charge in [-0.05, 0) is 18.8 Å². The molecule has 0 spiro atoms. The number of hydrogen-bond acceptors (Lipinski definition) is 3. The molecule has 3 heteroatoms. The van der Waals surface area contributed by atoms with E-state index in [1.807, 2.05) is 0 Å². The molecule has 0 aromatic carbocycles. The second-order valence-corrected chi connectivity index (χ2v) is 6.45. The first kappa shape index (κ1) is 11.7. The van der Waals surface area contributed by atoms with Gasteiger partial charge in [-0.3, -0.25) is 4.90 Å². The highest BCUT2D eigenvalue weighted by Gasteiger charge is 2.39. The Morgan fingerprint density at radius 1 is 1.40 bits per heavy atom. The SMILES string of the molecule is CC1CCCC(CN)(N2CCSCC2)C1. The van der Waals surface area contributed by atoms with E-state index in [-0.39, 0.29) is 0 Å². The van der Waals surface area contributed by atoms with E-state index in [4.69, 9.17) is 5.73 Å². The van der Waals surface area contributed by atoms with Crippen LogP contribution in [0.5, 0.6) is 0 Å². The Labute approximate surface area is 98.0 Å². The third-order valence-corrected chi connectivity index (χ3v) is 5.07. The smallest absolute Gasteiger partial charge is 0.0334 e. The summed E-state index contributed by atoms with van der Waals surface area (Å²) in [6.45, 7) is 5.77. The van der Waals surface area contributed by atoms with Gasteiger partial charge in [-0.25, -0.2) is 0 Å². The molecule has 2 aliphatic rings. The molecule has 2 fully saturated rings. The highest BCUT2D eigenvalue weighted by atomic mass is 32.2. The van der Waals surface area contributed by atoms with Crippen molar-refractivity contribution in [2.45, 2.75) is 38.1 Å². The highest BCUT2D eigenvalue weighted by Crippen LogP contribution is 2.37. The van der Waals surface area contributed by atoms with E-state index in [9.17, 15) is 0 Å². The zero-order valence-electron chi connectivity index (χ0n) is 9.87. The third kappa shape index (κ3) is 2.51. The molecule has 0 aromatic rings. The summed E-state index contributed by atoms with van der Waals surface area (Å²) in [5.41, 5.74) is 6.44. The van der Waals surface area contributed by atoms with Gasteiger partial charge >= 0.3 is 0 Å². The predicted octanol–water partition coefficient (Wildman–Crippen LogP) is 1.94. The predicted molar refractivity (Wildman–Crippen MR) is 68.3 cm³/mol. The molecule has 0 amide bonds. The lowest BCUT2D eigenvalue weighted by Gasteiger charge is -2.49. The van der Waals surface area contributed by atoms with Crippen LogP contribution in [0, 0.1) is 5.92 Å². The maximum Gasteiger partial charge on any atom is 0.0334 e. The average Bonchev–Trinajstić information content (AvgIpc) is 2.30. The van der Waals surface area contributed by atoms with Crippen LogP contribution in [0.3, 0.4) is 0 Å². The summed E-state index contributed by atoms with van der Waals surface area (Å²) in [4.78, 5) is 2.69. The number of rotatable bonds is 2. The Bertz CT molecular complexity index is 204.